The molecule has 1 atom stereocenters. The van der Waals surface area contributed by atoms with Gasteiger partial charge in [0.05, 0.1) is 24.4 Å². The molecule has 0 saturated carbocycles. The molecule has 1 aliphatic rings. The number of halogens is 1. The molecule has 7 nitrogen and oxygen atoms in total. The van der Waals surface area contributed by atoms with Crippen LogP contribution in [0, 0.1) is 0 Å². The number of ether oxygens (including phenoxy) is 1. The van der Waals surface area contributed by atoms with Crippen LogP contribution in [0.15, 0.2) is 29.3 Å². The lowest BCUT2D eigenvalue weighted by Gasteiger charge is -2.29. The first kappa shape index (κ1) is 27.0. The molecule has 0 aromatic heterocycles. The fourth-order valence-electron chi connectivity index (χ4n) is 3.26. The van der Waals surface area contributed by atoms with E-state index in [9.17, 15) is 8.42 Å². The van der Waals surface area contributed by atoms with Crippen LogP contribution in [0.25, 0.3) is 0 Å². The fraction of sp³-hybridized carbons (Fsp3) is 0.667. The SMILES string of the molecule is CCNC(=NCC(C)(C)S(C)(=O)=O)NCC(c1ccc(OC)cc1)N1CCCC1.I. The largest absolute Gasteiger partial charge is 0.497 e. The number of hydrogen-bond donors (Lipinski definition) is 2. The highest BCUT2D eigenvalue weighted by molar-refractivity contribution is 14.0. The summed E-state index contributed by atoms with van der Waals surface area (Å²) in [6.07, 6.45) is 3.68. The predicted molar refractivity (Wildman–Crippen MR) is 135 cm³/mol. The molecule has 2 N–H and O–H groups in total. The van der Waals surface area contributed by atoms with Gasteiger partial charge >= 0.3 is 0 Å². The Labute approximate surface area is 199 Å². The Balaban J connectivity index is 0.00000450. The van der Waals surface area contributed by atoms with Gasteiger partial charge in [0.1, 0.15) is 5.75 Å². The maximum atomic E-state index is 12.0. The molecule has 30 heavy (non-hydrogen) atoms. The summed E-state index contributed by atoms with van der Waals surface area (Å²) in [5, 5.41) is 6.65. The molecule has 0 aliphatic carbocycles. The first-order valence-electron chi connectivity index (χ1n) is 10.3. The molecule has 1 unspecified atom stereocenters. The minimum Gasteiger partial charge on any atom is -0.497 e. The average molecular weight is 553 g/mol. The first-order chi connectivity index (χ1) is 13.7. The maximum Gasteiger partial charge on any atom is 0.191 e. The van der Waals surface area contributed by atoms with Crippen LogP contribution in [0.4, 0.5) is 0 Å². The van der Waals surface area contributed by atoms with Gasteiger partial charge in [-0.25, -0.2) is 8.42 Å². The van der Waals surface area contributed by atoms with E-state index in [0.29, 0.717) is 19.0 Å². The van der Waals surface area contributed by atoms with E-state index in [-0.39, 0.29) is 36.6 Å². The third-order valence-electron chi connectivity index (χ3n) is 5.51. The van der Waals surface area contributed by atoms with Gasteiger partial charge < -0.3 is 15.4 Å². The Morgan fingerprint density at radius 2 is 1.80 bits per heavy atom. The number of benzene rings is 1. The molecule has 1 saturated heterocycles. The summed E-state index contributed by atoms with van der Waals surface area (Å²) in [6, 6.07) is 8.43. The summed E-state index contributed by atoms with van der Waals surface area (Å²) in [6.45, 7) is 9.18. The number of nitrogens with one attached hydrogen (secondary N) is 2. The highest BCUT2D eigenvalue weighted by Crippen LogP contribution is 2.26. The number of aliphatic imine (C=N–C) groups is 1. The van der Waals surface area contributed by atoms with Crippen molar-refractivity contribution in [2.24, 2.45) is 4.99 Å². The molecule has 1 heterocycles. The second kappa shape index (κ2) is 12.1. The van der Waals surface area contributed by atoms with Crippen LogP contribution in [0.1, 0.15) is 45.2 Å². The Morgan fingerprint density at radius 3 is 2.30 bits per heavy atom. The van der Waals surface area contributed by atoms with E-state index in [4.69, 9.17) is 4.74 Å². The quantitative estimate of drug-likeness (QED) is 0.279. The number of hydrogen-bond acceptors (Lipinski definition) is 5. The Morgan fingerprint density at radius 1 is 1.20 bits per heavy atom. The van der Waals surface area contributed by atoms with Crippen molar-refractivity contribution in [3.63, 3.8) is 0 Å². The third-order valence-corrected chi connectivity index (χ3v) is 7.65. The van der Waals surface area contributed by atoms with Crippen molar-refractivity contribution >= 4 is 39.8 Å². The van der Waals surface area contributed by atoms with E-state index in [1.807, 2.05) is 19.1 Å². The molecule has 0 radical (unpaired) electrons. The van der Waals surface area contributed by atoms with Crippen LogP contribution in [0.2, 0.25) is 0 Å². The summed E-state index contributed by atoms with van der Waals surface area (Å²) in [7, 11) is -1.52. The second-order valence-corrected chi connectivity index (χ2v) is 10.8. The van der Waals surface area contributed by atoms with Crippen LogP contribution in [0.5, 0.6) is 5.75 Å². The van der Waals surface area contributed by atoms with Crippen LogP contribution < -0.4 is 15.4 Å². The third kappa shape index (κ3) is 7.56. The number of guanidine groups is 1. The van der Waals surface area contributed by atoms with Gasteiger partial charge in [-0.1, -0.05) is 12.1 Å². The highest BCUT2D eigenvalue weighted by Gasteiger charge is 2.30. The second-order valence-electron chi connectivity index (χ2n) is 8.14. The summed E-state index contributed by atoms with van der Waals surface area (Å²) in [4.78, 5) is 7.03. The zero-order valence-electron chi connectivity index (χ0n) is 18.8. The fourth-order valence-corrected chi connectivity index (χ4v) is 3.56. The zero-order chi connectivity index (χ0) is 21.5. The topological polar surface area (TPSA) is 83.0 Å². The van der Waals surface area contributed by atoms with Crippen molar-refractivity contribution in [1.29, 1.82) is 0 Å². The lowest BCUT2D eigenvalue weighted by molar-refractivity contribution is 0.245. The molecule has 0 bridgehead atoms. The molecular formula is C21H37IN4O3S. The van der Waals surface area contributed by atoms with E-state index in [1.54, 1.807) is 21.0 Å². The standard InChI is InChI=1S/C21H36N4O3S.HI/c1-6-22-20(24-16-21(2,3)29(5,26)27)23-15-19(25-13-7-8-14-25)17-9-11-18(28-4)12-10-17;/h9-12,19H,6-8,13-16H2,1-5H3,(H2,22,23,24);1H. The summed E-state index contributed by atoms with van der Waals surface area (Å²) >= 11 is 0. The predicted octanol–water partition coefficient (Wildman–Crippen LogP) is 2.83. The van der Waals surface area contributed by atoms with Crippen LogP contribution >= 0.6 is 24.0 Å². The molecule has 2 rings (SSSR count). The average Bonchev–Trinajstić information content (AvgIpc) is 3.20. The van der Waals surface area contributed by atoms with Crippen LogP contribution in [0.3, 0.4) is 0 Å². The molecule has 9 heteroatoms. The molecule has 172 valence electrons. The molecular weight excluding hydrogens is 515 g/mol. The van der Waals surface area contributed by atoms with Crippen molar-refractivity contribution in [1.82, 2.24) is 15.5 Å². The Kier molecular flexibility index (Phi) is 10.9. The number of likely N-dealkylation sites (tertiary alicyclic amines) is 1. The Hall–Kier alpha value is -1.07. The number of rotatable bonds is 9. The number of nitrogens with zero attached hydrogens (tertiary/aromatic N) is 2. The summed E-state index contributed by atoms with van der Waals surface area (Å²) in [5.41, 5.74) is 1.23. The van der Waals surface area contributed by atoms with Crippen molar-refractivity contribution in [2.45, 2.75) is 44.4 Å². The van der Waals surface area contributed by atoms with Gasteiger partial charge in [0.25, 0.3) is 0 Å². The first-order valence-corrected chi connectivity index (χ1v) is 12.2. The number of sulfone groups is 1. The highest BCUT2D eigenvalue weighted by atomic mass is 127. The smallest absolute Gasteiger partial charge is 0.191 e. The minimum atomic E-state index is -3.19. The van der Waals surface area contributed by atoms with E-state index in [1.165, 1.54) is 24.7 Å². The van der Waals surface area contributed by atoms with Gasteiger partial charge in [0.2, 0.25) is 0 Å². The molecule has 1 fully saturated rings. The van der Waals surface area contributed by atoms with E-state index < -0.39 is 14.6 Å². The Bertz CT molecular complexity index is 776. The minimum absolute atomic E-state index is 0. The van der Waals surface area contributed by atoms with Gasteiger partial charge in [0, 0.05) is 19.3 Å². The van der Waals surface area contributed by atoms with E-state index in [0.717, 1.165) is 18.8 Å². The van der Waals surface area contributed by atoms with E-state index >= 15 is 0 Å². The number of methoxy groups -OCH3 is 1. The van der Waals surface area contributed by atoms with E-state index in [2.05, 4.69) is 32.7 Å². The van der Waals surface area contributed by atoms with Crippen molar-refractivity contribution in [2.75, 3.05) is 46.1 Å². The maximum absolute atomic E-state index is 12.0. The van der Waals surface area contributed by atoms with Gasteiger partial charge in [-0.15, -0.1) is 24.0 Å². The van der Waals surface area contributed by atoms with Gasteiger partial charge in [0.15, 0.2) is 15.8 Å². The molecule has 1 aliphatic heterocycles. The normalized spacial score (nSPS) is 16.6. The summed E-state index contributed by atoms with van der Waals surface area (Å²) in [5.74, 6) is 1.49. The van der Waals surface area contributed by atoms with Crippen molar-refractivity contribution < 1.29 is 13.2 Å². The summed E-state index contributed by atoms with van der Waals surface area (Å²) < 4.78 is 28.3. The van der Waals surface area contributed by atoms with Gasteiger partial charge in [-0.3, -0.25) is 9.89 Å². The van der Waals surface area contributed by atoms with Crippen LogP contribution in [-0.2, 0) is 9.84 Å². The van der Waals surface area contributed by atoms with Crippen molar-refractivity contribution in [3.05, 3.63) is 29.8 Å². The van der Waals surface area contributed by atoms with Gasteiger partial charge in [-0.2, -0.15) is 0 Å². The lowest BCUT2D eigenvalue weighted by atomic mass is 10.1. The zero-order valence-corrected chi connectivity index (χ0v) is 21.9. The lowest BCUT2D eigenvalue weighted by Crippen LogP contribution is -2.44. The molecule has 0 amide bonds. The van der Waals surface area contributed by atoms with Gasteiger partial charge in [-0.05, 0) is 64.4 Å². The monoisotopic (exact) mass is 552 g/mol. The molecule has 1 aromatic rings. The molecule has 0 spiro atoms. The van der Waals surface area contributed by atoms with Crippen LogP contribution in [-0.4, -0.2) is 70.1 Å². The van der Waals surface area contributed by atoms with Crippen molar-refractivity contribution in [3.8, 4) is 5.75 Å². The molecule has 1 aromatic carbocycles.